The Morgan fingerprint density at radius 1 is 1.35 bits per heavy atom. The lowest BCUT2D eigenvalue weighted by molar-refractivity contribution is -0.0561. The molecule has 2 unspecified atom stereocenters. The van der Waals surface area contributed by atoms with Gasteiger partial charge in [-0.2, -0.15) is 0 Å². The molecule has 2 aliphatic rings. The fourth-order valence-corrected chi connectivity index (χ4v) is 2.99. The summed E-state index contributed by atoms with van der Waals surface area (Å²) in [6.07, 6.45) is 2.49. The first-order valence-corrected chi connectivity index (χ1v) is 6.98. The Kier molecular flexibility index (Phi) is 3.81. The van der Waals surface area contributed by atoms with Crippen LogP contribution in [0, 0.1) is 5.41 Å². The van der Waals surface area contributed by atoms with Gasteiger partial charge >= 0.3 is 0 Å². The van der Waals surface area contributed by atoms with E-state index in [1.807, 2.05) is 0 Å². The quantitative estimate of drug-likeness (QED) is 0.757. The number of rotatable bonds is 1. The van der Waals surface area contributed by atoms with Gasteiger partial charge in [0.1, 0.15) is 0 Å². The summed E-state index contributed by atoms with van der Waals surface area (Å²) in [6.45, 7) is 14.6. The largest absolute Gasteiger partial charge is 0.380 e. The first-order chi connectivity index (χ1) is 7.92. The summed E-state index contributed by atoms with van der Waals surface area (Å²) in [6, 6.07) is 0.593. The monoisotopic (exact) mass is 240 g/mol. The normalized spacial score (nSPS) is 37.1. The van der Waals surface area contributed by atoms with Crippen molar-refractivity contribution in [3.8, 4) is 0 Å². The highest BCUT2D eigenvalue weighted by molar-refractivity contribution is 4.95. The molecular formula is C14H28N2O. The van der Waals surface area contributed by atoms with Gasteiger partial charge in [-0.15, -0.1) is 0 Å². The Morgan fingerprint density at radius 3 is 2.71 bits per heavy atom. The molecule has 2 heterocycles. The predicted octanol–water partition coefficient (Wildman–Crippen LogP) is 1.88. The molecule has 2 rings (SSSR count). The molecule has 3 nitrogen and oxygen atoms in total. The maximum Gasteiger partial charge on any atom is 0.0647 e. The first kappa shape index (κ1) is 13.3. The Bertz CT molecular complexity index is 253. The minimum atomic E-state index is 0.268. The molecule has 2 saturated heterocycles. The maximum atomic E-state index is 5.70. The van der Waals surface area contributed by atoms with E-state index in [0.717, 1.165) is 32.8 Å². The minimum Gasteiger partial charge on any atom is -0.380 e. The standard InChI is InChI=1S/C14H28N2O/c1-13(2,3)12-10-16(8-7-15-12)14(4)6-5-9-17-11-14/h12,15H,5-11H2,1-4H3. The molecule has 2 fully saturated rings. The van der Waals surface area contributed by atoms with Crippen molar-refractivity contribution in [1.82, 2.24) is 10.2 Å². The average Bonchev–Trinajstić information content (AvgIpc) is 2.29. The summed E-state index contributed by atoms with van der Waals surface area (Å²) in [5.74, 6) is 0. The van der Waals surface area contributed by atoms with Crippen molar-refractivity contribution >= 4 is 0 Å². The molecule has 3 heteroatoms. The summed E-state index contributed by atoms with van der Waals surface area (Å²) in [7, 11) is 0. The highest BCUT2D eigenvalue weighted by atomic mass is 16.5. The molecule has 17 heavy (non-hydrogen) atoms. The number of nitrogens with one attached hydrogen (secondary N) is 1. The third-order valence-corrected chi connectivity index (χ3v) is 4.40. The van der Waals surface area contributed by atoms with Crippen LogP contribution in [0.15, 0.2) is 0 Å². The lowest BCUT2D eigenvalue weighted by Gasteiger charge is -2.49. The zero-order chi connectivity index (χ0) is 12.5. The lowest BCUT2D eigenvalue weighted by Crippen LogP contribution is -2.63. The molecular weight excluding hydrogens is 212 g/mol. The van der Waals surface area contributed by atoms with E-state index >= 15 is 0 Å². The van der Waals surface area contributed by atoms with E-state index in [2.05, 4.69) is 37.9 Å². The zero-order valence-electron chi connectivity index (χ0n) is 11.9. The average molecular weight is 240 g/mol. The number of piperazine rings is 1. The smallest absolute Gasteiger partial charge is 0.0647 e. The topological polar surface area (TPSA) is 24.5 Å². The predicted molar refractivity (Wildman–Crippen MR) is 71.3 cm³/mol. The Balaban J connectivity index is 2.01. The fourth-order valence-electron chi connectivity index (χ4n) is 2.99. The van der Waals surface area contributed by atoms with E-state index in [1.165, 1.54) is 12.8 Å². The molecule has 0 saturated carbocycles. The van der Waals surface area contributed by atoms with Gasteiger partial charge < -0.3 is 10.1 Å². The fraction of sp³-hybridized carbons (Fsp3) is 1.00. The van der Waals surface area contributed by atoms with Gasteiger partial charge in [0.2, 0.25) is 0 Å². The van der Waals surface area contributed by atoms with E-state index < -0.39 is 0 Å². The Hall–Kier alpha value is -0.120. The van der Waals surface area contributed by atoms with Crippen LogP contribution in [0.4, 0.5) is 0 Å². The molecule has 100 valence electrons. The number of hydrogen-bond acceptors (Lipinski definition) is 3. The summed E-state index contributed by atoms with van der Waals surface area (Å²) >= 11 is 0. The molecule has 2 aliphatic heterocycles. The van der Waals surface area contributed by atoms with Crippen LogP contribution in [0.25, 0.3) is 0 Å². The molecule has 0 aromatic rings. The third-order valence-electron chi connectivity index (χ3n) is 4.40. The molecule has 0 aromatic carbocycles. The van der Waals surface area contributed by atoms with Crippen molar-refractivity contribution in [2.75, 3.05) is 32.8 Å². The van der Waals surface area contributed by atoms with Gasteiger partial charge in [0.25, 0.3) is 0 Å². The molecule has 0 amide bonds. The van der Waals surface area contributed by atoms with Crippen LogP contribution < -0.4 is 5.32 Å². The van der Waals surface area contributed by atoms with Gasteiger partial charge in [0.15, 0.2) is 0 Å². The van der Waals surface area contributed by atoms with Gasteiger partial charge in [-0.1, -0.05) is 20.8 Å². The van der Waals surface area contributed by atoms with E-state index in [9.17, 15) is 0 Å². The van der Waals surface area contributed by atoms with Crippen LogP contribution >= 0.6 is 0 Å². The summed E-state index contributed by atoms with van der Waals surface area (Å²) in [4.78, 5) is 2.65. The summed E-state index contributed by atoms with van der Waals surface area (Å²) < 4.78 is 5.70. The van der Waals surface area contributed by atoms with Crippen molar-refractivity contribution in [2.45, 2.75) is 52.1 Å². The molecule has 0 aliphatic carbocycles. The van der Waals surface area contributed by atoms with E-state index in [0.29, 0.717) is 11.5 Å². The zero-order valence-corrected chi connectivity index (χ0v) is 11.9. The van der Waals surface area contributed by atoms with E-state index in [4.69, 9.17) is 4.74 Å². The van der Waals surface area contributed by atoms with Crippen molar-refractivity contribution in [1.29, 1.82) is 0 Å². The second kappa shape index (κ2) is 4.87. The van der Waals surface area contributed by atoms with Gasteiger partial charge in [-0.3, -0.25) is 4.90 Å². The lowest BCUT2D eigenvalue weighted by atomic mass is 9.83. The second-order valence-corrected chi connectivity index (χ2v) is 6.97. The van der Waals surface area contributed by atoms with Gasteiger partial charge in [0, 0.05) is 37.8 Å². The summed E-state index contributed by atoms with van der Waals surface area (Å²) in [5.41, 5.74) is 0.606. The van der Waals surface area contributed by atoms with Crippen LogP contribution in [-0.4, -0.2) is 49.3 Å². The van der Waals surface area contributed by atoms with Crippen LogP contribution in [0.1, 0.15) is 40.5 Å². The van der Waals surface area contributed by atoms with Crippen LogP contribution in [0.2, 0.25) is 0 Å². The molecule has 0 spiro atoms. The number of ether oxygens (including phenoxy) is 1. The van der Waals surface area contributed by atoms with Crippen molar-refractivity contribution in [3.05, 3.63) is 0 Å². The molecule has 0 aromatic heterocycles. The molecule has 0 bridgehead atoms. The van der Waals surface area contributed by atoms with Gasteiger partial charge in [0.05, 0.1) is 6.61 Å². The van der Waals surface area contributed by atoms with Crippen LogP contribution in [0.5, 0.6) is 0 Å². The second-order valence-electron chi connectivity index (χ2n) is 6.97. The molecule has 1 N–H and O–H groups in total. The van der Waals surface area contributed by atoms with E-state index in [1.54, 1.807) is 0 Å². The first-order valence-electron chi connectivity index (χ1n) is 6.98. The van der Waals surface area contributed by atoms with Crippen LogP contribution in [-0.2, 0) is 4.74 Å². The Morgan fingerprint density at radius 2 is 2.12 bits per heavy atom. The SMILES string of the molecule is CC(C)(C)C1CN(C2(C)CCCOC2)CCN1. The van der Waals surface area contributed by atoms with Gasteiger partial charge in [-0.05, 0) is 25.2 Å². The van der Waals surface area contributed by atoms with Crippen LogP contribution in [0.3, 0.4) is 0 Å². The van der Waals surface area contributed by atoms with Crippen molar-refractivity contribution in [2.24, 2.45) is 5.41 Å². The van der Waals surface area contributed by atoms with Gasteiger partial charge in [-0.25, -0.2) is 0 Å². The molecule has 2 atom stereocenters. The molecule has 0 radical (unpaired) electrons. The number of hydrogen-bond donors (Lipinski definition) is 1. The van der Waals surface area contributed by atoms with E-state index in [-0.39, 0.29) is 5.54 Å². The van der Waals surface area contributed by atoms with Crippen molar-refractivity contribution in [3.63, 3.8) is 0 Å². The third kappa shape index (κ3) is 3.01. The number of nitrogens with zero attached hydrogens (tertiary/aromatic N) is 1. The minimum absolute atomic E-state index is 0.268. The highest BCUT2D eigenvalue weighted by Gasteiger charge is 2.39. The highest BCUT2D eigenvalue weighted by Crippen LogP contribution is 2.30. The Labute approximate surface area is 106 Å². The maximum absolute atomic E-state index is 5.70. The van der Waals surface area contributed by atoms with Crippen molar-refractivity contribution < 1.29 is 4.74 Å². The summed E-state index contributed by atoms with van der Waals surface area (Å²) in [5, 5.41) is 3.66.